The zero-order valence-corrected chi connectivity index (χ0v) is 11.7. The molecule has 0 aliphatic carbocycles. The quantitative estimate of drug-likeness (QED) is 0.631. The highest BCUT2D eigenvalue weighted by molar-refractivity contribution is 7.91. The van der Waals surface area contributed by atoms with Gasteiger partial charge in [-0.3, -0.25) is 4.48 Å². The molecule has 1 aliphatic rings. The molecule has 0 aromatic carbocycles. The summed E-state index contributed by atoms with van der Waals surface area (Å²) in [5, 5.41) is 11.0. The molecular weight excluding hydrogens is 242 g/mol. The van der Waals surface area contributed by atoms with Gasteiger partial charge in [-0.1, -0.05) is 0 Å². The van der Waals surface area contributed by atoms with Crippen molar-refractivity contribution >= 4 is 15.9 Å². The van der Waals surface area contributed by atoms with Crippen LogP contribution in [-0.4, -0.2) is 49.1 Å². The fourth-order valence-corrected chi connectivity index (χ4v) is 3.61. The first-order valence-corrected chi connectivity index (χ1v) is 7.74. The van der Waals surface area contributed by atoms with E-state index in [1.165, 1.54) is 6.26 Å². The molecule has 1 amide bonds. The van der Waals surface area contributed by atoms with E-state index in [0.29, 0.717) is 25.9 Å². The van der Waals surface area contributed by atoms with E-state index in [1.54, 1.807) is 0 Å². The molecule has 1 aliphatic heterocycles. The summed E-state index contributed by atoms with van der Waals surface area (Å²) < 4.78 is 22.7. The molecule has 0 radical (unpaired) electrons. The van der Waals surface area contributed by atoms with Crippen LogP contribution in [0.3, 0.4) is 0 Å². The van der Waals surface area contributed by atoms with Gasteiger partial charge in [0.05, 0.1) is 23.9 Å². The van der Waals surface area contributed by atoms with Crippen LogP contribution >= 0.6 is 0 Å². The maximum atomic E-state index is 11.4. The predicted octanol–water partition coefficient (Wildman–Crippen LogP) is 0.152. The molecule has 1 saturated heterocycles. The third-order valence-electron chi connectivity index (χ3n) is 3.90. The lowest BCUT2D eigenvalue weighted by molar-refractivity contribution is -0.923. The monoisotopic (exact) mass is 263 g/mol. The lowest BCUT2D eigenvalue weighted by Crippen LogP contribution is -2.70. The molecule has 0 unspecified atom stereocenters. The number of hydrogen-bond donors (Lipinski definition) is 0. The summed E-state index contributed by atoms with van der Waals surface area (Å²) in [5.74, 6) is 0. The highest BCUT2D eigenvalue weighted by Gasteiger charge is 2.46. The van der Waals surface area contributed by atoms with E-state index < -0.39 is 26.7 Å². The summed E-state index contributed by atoms with van der Waals surface area (Å²) in [7, 11) is -3.07. The van der Waals surface area contributed by atoms with E-state index >= 15 is 0 Å². The molecule has 0 N–H and O–H groups in total. The first kappa shape index (κ1) is 14.4. The Morgan fingerprint density at radius 3 is 1.88 bits per heavy atom. The molecule has 0 atom stereocenters. The summed E-state index contributed by atoms with van der Waals surface area (Å²) in [6.07, 6.45) is 0.895. The van der Waals surface area contributed by atoms with E-state index in [2.05, 4.69) is 0 Å². The highest BCUT2D eigenvalue weighted by atomic mass is 32.2. The second kappa shape index (κ2) is 4.24. The average Bonchev–Trinajstić information content (AvgIpc) is 2.14. The number of nitrogens with zero attached hydrogens (tertiary/aromatic N) is 1. The van der Waals surface area contributed by atoms with Crippen LogP contribution in [0.5, 0.6) is 0 Å². The van der Waals surface area contributed by atoms with Gasteiger partial charge in [-0.2, -0.15) is 0 Å². The third kappa shape index (κ3) is 2.63. The number of sulfone groups is 1. The lowest BCUT2D eigenvalue weighted by Gasteiger charge is -2.51. The molecule has 0 saturated carbocycles. The number of piperidine rings is 1. The van der Waals surface area contributed by atoms with Crippen LogP contribution in [0, 0.1) is 0 Å². The summed E-state index contributed by atoms with van der Waals surface area (Å²) in [5.41, 5.74) is -0.471. The van der Waals surface area contributed by atoms with Crippen molar-refractivity contribution < 1.29 is 22.8 Å². The number of carbonyl (C=O) groups excluding carboxylic acids is 1. The van der Waals surface area contributed by atoms with Crippen molar-refractivity contribution in [2.75, 3.05) is 19.3 Å². The molecule has 100 valence electrons. The van der Waals surface area contributed by atoms with Crippen LogP contribution in [0.4, 0.5) is 4.79 Å². The Labute approximate surface area is 103 Å². The number of hydrogen-bond acceptors (Lipinski definition) is 4. The summed E-state index contributed by atoms with van der Waals surface area (Å²) in [4.78, 5) is 11.4. The van der Waals surface area contributed by atoms with Gasteiger partial charge in [-0.15, -0.1) is 0 Å². The van der Waals surface area contributed by atoms with E-state index in [-0.39, 0.29) is 4.48 Å². The van der Waals surface area contributed by atoms with Gasteiger partial charge in [0.15, 0.2) is 9.84 Å². The zero-order valence-electron chi connectivity index (χ0n) is 10.9. The molecule has 1 fully saturated rings. The molecule has 0 aromatic rings. The van der Waals surface area contributed by atoms with Gasteiger partial charge in [0, 0.05) is 19.1 Å². The molecule has 0 bridgehead atoms. The van der Waals surface area contributed by atoms with Crippen molar-refractivity contribution in [1.82, 2.24) is 0 Å². The number of rotatable bonds is 1. The van der Waals surface area contributed by atoms with E-state index in [9.17, 15) is 18.3 Å². The molecule has 1 heterocycles. The summed E-state index contributed by atoms with van der Waals surface area (Å²) in [6.45, 7) is 6.20. The van der Waals surface area contributed by atoms with Crippen LogP contribution in [0.2, 0.25) is 0 Å². The largest absolute Gasteiger partial charge is 0.498 e. The van der Waals surface area contributed by atoms with Crippen molar-refractivity contribution in [3.8, 4) is 0 Å². The second-order valence-corrected chi connectivity index (χ2v) is 8.21. The van der Waals surface area contributed by atoms with Gasteiger partial charge in [0.1, 0.15) is 0 Å². The average molecular weight is 263 g/mol. The standard InChI is InChI=1S/C11H21NO4S/c1-11(2,3)12(10(13)14)7-5-9(6-8-12)17(4,15)16/h9H,5-8H2,1-4H3. The molecule has 1 rings (SSSR count). The molecule has 5 nitrogen and oxygen atoms in total. The van der Waals surface area contributed by atoms with Gasteiger partial charge in [0.2, 0.25) is 0 Å². The minimum Gasteiger partial charge on any atom is -0.498 e. The minimum atomic E-state index is -3.07. The van der Waals surface area contributed by atoms with E-state index in [1.807, 2.05) is 20.8 Å². The third-order valence-corrected chi connectivity index (χ3v) is 5.59. The molecular formula is C11H21NO4S. The Balaban J connectivity index is 2.94. The SMILES string of the molecule is CC(C)(C)[N+]1(C(=O)[O-])CCC(S(C)(=O)=O)CC1. The maximum absolute atomic E-state index is 11.4. The number of amides is 1. The molecule has 17 heavy (non-hydrogen) atoms. The van der Waals surface area contributed by atoms with E-state index in [4.69, 9.17) is 0 Å². The number of quaternary nitrogens is 1. The molecule has 0 aromatic heterocycles. The number of carboxylic acid groups (broad SMARTS) is 1. The molecule has 0 spiro atoms. The highest BCUT2D eigenvalue weighted by Crippen LogP contribution is 2.31. The Kier molecular flexibility index (Phi) is 3.60. The smallest absolute Gasteiger partial charge is 0.257 e. The summed E-state index contributed by atoms with van der Waals surface area (Å²) >= 11 is 0. The Hall–Kier alpha value is -0.620. The van der Waals surface area contributed by atoms with Crippen LogP contribution in [0.15, 0.2) is 0 Å². The lowest BCUT2D eigenvalue weighted by atomic mass is 9.96. The Morgan fingerprint density at radius 2 is 1.65 bits per heavy atom. The zero-order chi connectivity index (χ0) is 13.5. The van der Waals surface area contributed by atoms with Crippen LogP contribution in [-0.2, 0) is 9.84 Å². The van der Waals surface area contributed by atoms with E-state index in [0.717, 1.165) is 0 Å². The van der Waals surface area contributed by atoms with Crippen LogP contribution < -0.4 is 5.11 Å². The van der Waals surface area contributed by atoms with Crippen molar-refractivity contribution in [3.63, 3.8) is 0 Å². The Morgan fingerprint density at radius 1 is 1.24 bits per heavy atom. The van der Waals surface area contributed by atoms with Crippen molar-refractivity contribution in [2.45, 2.75) is 44.4 Å². The summed E-state index contributed by atoms with van der Waals surface area (Å²) in [6, 6.07) is 0. The first-order chi connectivity index (χ1) is 7.51. The predicted molar refractivity (Wildman–Crippen MR) is 63.0 cm³/mol. The maximum Gasteiger partial charge on any atom is 0.257 e. The topological polar surface area (TPSA) is 74.3 Å². The fraction of sp³-hybridized carbons (Fsp3) is 0.909. The minimum absolute atomic E-state index is 0.154. The van der Waals surface area contributed by atoms with Crippen molar-refractivity contribution in [1.29, 1.82) is 0 Å². The van der Waals surface area contributed by atoms with Gasteiger partial charge in [-0.05, 0) is 20.8 Å². The fourth-order valence-electron chi connectivity index (χ4n) is 2.54. The second-order valence-electron chi connectivity index (χ2n) is 5.88. The van der Waals surface area contributed by atoms with Gasteiger partial charge < -0.3 is 9.90 Å². The number of likely N-dealkylation sites (tertiary alicyclic amines) is 1. The Bertz CT molecular complexity index is 400. The van der Waals surface area contributed by atoms with Crippen molar-refractivity contribution in [2.24, 2.45) is 0 Å². The molecule has 6 heteroatoms. The number of carbonyl (C=O) groups is 1. The van der Waals surface area contributed by atoms with Crippen LogP contribution in [0.1, 0.15) is 33.6 Å². The van der Waals surface area contributed by atoms with Gasteiger partial charge in [-0.25, -0.2) is 8.42 Å². The van der Waals surface area contributed by atoms with Gasteiger partial charge in [0.25, 0.3) is 6.09 Å². The van der Waals surface area contributed by atoms with Crippen LogP contribution in [0.25, 0.3) is 0 Å². The van der Waals surface area contributed by atoms with Crippen molar-refractivity contribution in [3.05, 3.63) is 0 Å². The first-order valence-electron chi connectivity index (χ1n) is 5.78. The van der Waals surface area contributed by atoms with Gasteiger partial charge >= 0.3 is 0 Å². The normalized spacial score (nSPS) is 31.2.